The summed E-state index contributed by atoms with van der Waals surface area (Å²) in [5.41, 5.74) is 0. The standard InChI is InChI=1S/C4H4BrN2O/c5-4-1-6-3-7(8)2-4/h1-3,8H/q+1. The van der Waals surface area contributed by atoms with E-state index in [0.717, 1.165) is 9.20 Å². The Hall–Kier alpha value is -0.640. The molecule has 0 spiro atoms. The number of hydrogen-bond acceptors (Lipinski definition) is 2. The van der Waals surface area contributed by atoms with Gasteiger partial charge in [0.05, 0.1) is 0 Å². The predicted molar refractivity (Wildman–Crippen MR) is 29.3 cm³/mol. The summed E-state index contributed by atoms with van der Waals surface area (Å²) in [6.07, 6.45) is 4.38. The number of nitrogens with zero attached hydrogens (tertiary/aromatic N) is 2. The van der Waals surface area contributed by atoms with Crippen molar-refractivity contribution in [3.8, 4) is 0 Å². The second-order valence-corrected chi connectivity index (χ2v) is 2.20. The molecule has 1 aromatic heterocycles. The number of halogens is 1. The van der Waals surface area contributed by atoms with Gasteiger partial charge in [0.2, 0.25) is 0 Å². The van der Waals surface area contributed by atoms with Crippen LogP contribution in [0.1, 0.15) is 0 Å². The van der Waals surface area contributed by atoms with E-state index in [2.05, 4.69) is 20.9 Å². The number of hydrogen-bond donors (Lipinski definition) is 1. The minimum absolute atomic E-state index is 0.752. The Morgan fingerprint density at radius 1 is 1.75 bits per heavy atom. The summed E-state index contributed by atoms with van der Waals surface area (Å²) in [5, 5.41) is 8.64. The maximum absolute atomic E-state index is 8.64. The quantitative estimate of drug-likeness (QED) is 0.458. The van der Waals surface area contributed by atoms with Crippen LogP contribution < -0.4 is 4.73 Å². The van der Waals surface area contributed by atoms with Crippen molar-refractivity contribution in [1.29, 1.82) is 0 Å². The molecule has 0 radical (unpaired) electrons. The van der Waals surface area contributed by atoms with Crippen LogP contribution >= 0.6 is 15.9 Å². The maximum atomic E-state index is 8.64. The Bertz CT molecular complexity index is 174. The van der Waals surface area contributed by atoms with Crippen LogP contribution in [0.25, 0.3) is 0 Å². The molecule has 1 aromatic rings. The molecule has 8 heavy (non-hydrogen) atoms. The van der Waals surface area contributed by atoms with Gasteiger partial charge in [-0.25, -0.2) is 0 Å². The second kappa shape index (κ2) is 2.09. The lowest BCUT2D eigenvalue weighted by atomic mass is 10.7. The zero-order valence-electron chi connectivity index (χ0n) is 3.95. The Kier molecular flexibility index (Phi) is 1.43. The Labute approximate surface area is 54.7 Å². The normalized spacial score (nSPS) is 9.12. The summed E-state index contributed by atoms with van der Waals surface area (Å²) < 4.78 is 1.63. The molecule has 42 valence electrons. The fraction of sp³-hybridized carbons (Fsp3) is 0. The molecule has 1 N–H and O–H groups in total. The Balaban J connectivity index is 3.08. The molecule has 1 heterocycles. The molecule has 0 unspecified atom stereocenters. The van der Waals surface area contributed by atoms with Crippen LogP contribution in [-0.4, -0.2) is 10.2 Å². The van der Waals surface area contributed by atoms with Crippen molar-refractivity contribution in [3.05, 3.63) is 23.2 Å². The van der Waals surface area contributed by atoms with Gasteiger partial charge in [0.25, 0.3) is 0 Å². The average molecular weight is 176 g/mol. The molecule has 0 aromatic carbocycles. The minimum Gasteiger partial charge on any atom is -0.350 e. The van der Waals surface area contributed by atoms with Crippen LogP contribution in [0.4, 0.5) is 0 Å². The highest BCUT2D eigenvalue weighted by Gasteiger charge is 1.93. The lowest BCUT2D eigenvalue weighted by molar-refractivity contribution is -0.907. The SMILES string of the molecule is O[n+]1cncc(Br)c1. The average Bonchev–Trinajstić information content (AvgIpc) is 1.64. The van der Waals surface area contributed by atoms with Crippen molar-refractivity contribution in [1.82, 2.24) is 4.98 Å². The van der Waals surface area contributed by atoms with Gasteiger partial charge in [0.1, 0.15) is 4.47 Å². The van der Waals surface area contributed by atoms with E-state index in [0.29, 0.717) is 0 Å². The van der Waals surface area contributed by atoms with Crippen LogP contribution in [0.2, 0.25) is 0 Å². The van der Waals surface area contributed by atoms with Gasteiger partial charge in [-0.05, 0) is 15.9 Å². The van der Waals surface area contributed by atoms with Gasteiger partial charge in [-0.3, -0.25) is 0 Å². The summed E-state index contributed by atoms with van der Waals surface area (Å²) in [6, 6.07) is 0. The van der Waals surface area contributed by atoms with Crippen molar-refractivity contribution < 1.29 is 9.94 Å². The highest BCUT2D eigenvalue weighted by atomic mass is 79.9. The summed E-state index contributed by atoms with van der Waals surface area (Å²) in [5.74, 6) is 0. The van der Waals surface area contributed by atoms with Crippen LogP contribution in [-0.2, 0) is 0 Å². The van der Waals surface area contributed by atoms with Crippen molar-refractivity contribution in [2.75, 3.05) is 0 Å². The van der Waals surface area contributed by atoms with Crippen LogP contribution in [0.5, 0.6) is 0 Å². The lowest BCUT2D eigenvalue weighted by Gasteiger charge is -1.81. The van der Waals surface area contributed by atoms with E-state index >= 15 is 0 Å². The zero-order valence-corrected chi connectivity index (χ0v) is 5.54. The highest BCUT2D eigenvalue weighted by molar-refractivity contribution is 9.10. The molecule has 4 heteroatoms. The lowest BCUT2D eigenvalue weighted by Crippen LogP contribution is -2.28. The van der Waals surface area contributed by atoms with Crippen molar-refractivity contribution >= 4 is 15.9 Å². The van der Waals surface area contributed by atoms with Crippen molar-refractivity contribution in [2.24, 2.45) is 0 Å². The van der Waals surface area contributed by atoms with Crippen LogP contribution in [0.15, 0.2) is 23.2 Å². The fourth-order valence-corrected chi connectivity index (χ4v) is 0.694. The number of rotatable bonds is 0. The predicted octanol–water partition coefficient (Wildman–Crippen LogP) is 0.369. The largest absolute Gasteiger partial charge is 0.350 e. The topological polar surface area (TPSA) is 37.0 Å². The molecular formula is C4H4BrN2O+. The third-order valence-electron chi connectivity index (χ3n) is 0.638. The first-order valence-corrected chi connectivity index (χ1v) is 2.79. The van der Waals surface area contributed by atoms with Gasteiger partial charge in [-0.2, -0.15) is 0 Å². The van der Waals surface area contributed by atoms with Crippen LogP contribution in [0.3, 0.4) is 0 Å². The first kappa shape index (κ1) is 5.50. The van der Waals surface area contributed by atoms with E-state index in [1.807, 2.05) is 0 Å². The van der Waals surface area contributed by atoms with E-state index in [4.69, 9.17) is 5.21 Å². The molecule has 0 atom stereocenters. The van der Waals surface area contributed by atoms with Crippen molar-refractivity contribution in [2.45, 2.75) is 0 Å². The molecule has 0 aliphatic rings. The molecule has 0 aliphatic heterocycles. The molecular weight excluding hydrogens is 172 g/mol. The highest BCUT2D eigenvalue weighted by Crippen LogP contribution is 1.99. The molecule has 0 saturated heterocycles. The van der Waals surface area contributed by atoms with Gasteiger partial charge in [-0.1, -0.05) is 9.71 Å². The summed E-state index contributed by atoms with van der Waals surface area (Å²) in [4.78, 5) is 3.65. The van der Waals surface area contributed by atoms with Gasteiger partial charge >= 0.3 is 6.33 Å². The first-order chi connectivity index (χ1) is 3.79. The molecule has 3 nitrogen and oxygen atoms in total. The van der Waals surface area contributed by atoms with Crippen LogP contribution in [0, 0.1) is 0 Å². The fourth-order valence-electron chi connectivity index (χ4n) is 0.366. The van der Waals surface area contributed by atoms with Gasteiger partial charge < -0.3 is 5.21 Å². The second-order valence-electron chi connectivity index (χ2n) is 1.29. The summed E-state index contributed by atoms with van der Waals surface area (Å²) >= 11 is 3.12. The summed E-state index contributed by atoms with van der Waals surface area (Å²) in [7, 11) is 0. The minimum atomic E-state index is 0.752. The third-order valence-corrected chi connectivity index (χ3v) is 1.05. The van der Waals surface area contributed by atoms with Crippen molar-refractivity contribution in [3.63, 3.8) is 0 Å². The van der Waals surface area contributed by atoms with E-state index < -0.39 is 0 Å². The monoisotopic (exact) mass is 175 g/mol. The molecule has 0 amide bonds. The smallest absolute Gasteiger partial charge is 0.324 e. The Morgan fingerprint density at radius 2 is 2.50 bits per heavy atom. The Morgan fingerprint density at radius 3 is 2.88 bits per heavy atom. The molecule has 0 bridgehead atoms. The first-order valence-electron chi connectivity index (χ1n) is 2.00. The zero-order chi connectivity index (χ0) is 5.98. The van der Waals surface area contributed by atoms with E-state index in [1.54, 1.807) is 6.20 Å². The van der Waals surface area contributed by atoms with Gasteiger partial charge in [0.15, 0.2) is 12.4 Å². The van der Waals surface area contributed by atoms with Gasteiger partial charge in [-0.15, -0.1) is 0 Å². The van der Waals surface area contributed by atoms with E-state index in [-0.39, 0.29) is 0 Å². The molecule has 0 aliphatic carbocycles. The van der Waals surface area contributed by atoms with E-state index in [9.17, 15) is 0 Å². The molecule has 1 rings (SSSR count). The maximum Gasteiger partial charge on any atom is 0.324 e. The number of aromatic nitrogens is 2. The molecule has 0 saturated carbocycles. The third kappa shape index (κ3) is 1.16. The van der Waals surface area contributed by atoms with E-state index in [1.165, 1.54) is 12.5 Å². The van der Waals surface area contributed by atoms with Gasteiger partial charge in [0, 0.05) is 0 Å². The molecule has 0 fully saturated rings. The summed E-state index contributed by atoms with van der Waals surface area (Å²) in [6.45, 7) is 0.